The van der Waals surface area contributed by atoms with Crippen molar-refractivity contribution in [3.63, 3.8) is 0 Å². The number of nitrogens with one attached hydrogen (secondary N) is 1. The molecule has 2 fully saturated rings. The van der Waals surface area contributed by atoms with Crippen LogP contribution in [-0.4, -0.2) is 72.9 Å². The van der Waals surface area contributed by atoms with Crippen LogP contribution in [0.3, 0.4) is 0 Å². The largest absolute Gasteiger partial charge is 0.394 e. The average Bonchev–Trinajstić information content (AvgIpc) is 3.28. The van der Waals surface area contributed by atoms with Crippen molar-refractivity contribution in [3.05, 3.63) is 0 Å². The van der Waals surface area contributed by atoms with Crippen molar-refractivity contribution in [1.82, 2.24) is 15.1 Å². The lowest BCUT2D eigenvalue weighted by Gasteiger charge is -2.35. The fourth-order valence-corrected chi connectivity index (χ4v) is 3.43. The highest BCUT2D eigenvalue weighted by molar-refractivity contribution is 4.92. The van der Waals surface area contributed by atoms with Crippen molar-refractivity contribution in [2.45, 2.75) is 69.5 Å². The Morgan fingerprint density at radius 1 is 1.14 bits per heavy atom. The van der Waals surface area contributed by atoms with E-state index in [1.807, 2.05) is 0 Å². The van der Waals surface area contributed by atoms with Gasteiger partial charge in [-0.25, -0.2) is 0 Å². The van der Waals surface area contributed by atoms with Crippen LogP contribution in [0.25, 0.3) is 0 Å². The molecule has 1 saturated heterocycles. The number of hydrogen-bond acceptors (Lipinski definition) is 4. The summed E-state index contributed by atoms with van der Waals surface area (Å²) in [7, 11) is 4.39. The molecule has 0 amide bonds. The van der Waals surface area contributed by atoms with Crippen molar-refractivity contribution >= 4 is 0 Å². The lowest BCUT2D eigenvalue weighted by Crippen LogP contribution is -2.47. The first-order chi connectivity index (χ1) is 10.0. The molecule has 1 heterocycles. The highest BCUT2D eigenvalue weighted by atomic mass is 16.3. The third-order valence-electron chi connectivity index (χ3n) is 5.22. The molecule has 0 spiro atoms. The van der Waals surface area contributed by atoms with E-state index in [-0.39, 0.29) is 12.1 Å². The number of likely N-dealkylation sites (tertiary alicyclic amines) is 1. The summed E-state index contributed by atoms with van der Waals surface area (Å²) in [5.74, 6) is 0. The molecule has 1 atom stereocenters. The number of aliphatic hydroxyl groups is 1. The van der Waals surface area contributed by atoms with Crippen LogP contribution in [-0.2, 0) is 0 Å². The van der Waals surface area contributed by atoms with Gasteiger partial charge in [-0.1, -0.05) is 6.42 Å². The second-order valence-electron chi connectivity index (χ2n) is 7.63. The molecule has 124 valence electrons. The molecule has 4 nitrogen and oxygen atoms in total. The summed E-state index contributed by atoms with van der Waals surface area (Å²) in [6.07, 6.45) is 8.76. The Hall–Kier alpha value is -0.160. The van der Waals surface area contributed by atoms with E-state index in [4.69, 9.17) is 0 Å². The quantitative estimate of drug-likeness (QED) is 0.635. The predicted octanol–water partition coefficient (Wildman–Crippen LogP) is 1.69. The number of aliphatic hydroxyl groups excluding tert-OH is 1. The summed E-state index contributed by atoms with van der Waals surface area (Å²) in [6.45, 7) is 6.16. The highest BCUT2D eigenvalue weighted by Gasteiger charge is 2.31. The van der Waals surface area contributed by atoms with Gasteiger partial charge in [0, 0.05) is 17.6 Å². The number of nitrogens with zero attached hydrogens (tertiary/aromatic N) is 2. The third kappa shape index (κ3) is 5.85. The van der Waals surface area contributed by atoms with E-state index in [2.05, 4.69) is 36.1 Å². The van der Waals surface area contributed by atoms with Gasteiger partial charge in [0.1, 0.15) is 0 Å². The van der Waals surface area contributed by atoms with Crippen LogP contribution in [0.2, 0.25) is 0 Å². The Morgan fingerprint density at radius 3 is 2.33 bits per heavy atom. The smallest absolute Gasteiger partial charge is 0.0610 e. The van der Waals surface area contributed by atoms with Crippen molar-refractivity contribution < 1.29 is 5.11 Å². The molecule has 0 aromatic heterocycles. The molecule has 1 saturated carbocycles. The number of rotatable bonds is 9. The Balaban J connectivity index is 1.57. The standard InChI is InChI=1S/C17H35N3O/c1-17(14-21,18-15-6-7-15)10-4-5-11-20-12-8-16(9-13-20)19(2)3/h15-16,18,21H,4-14H2,1-3H3. The summed E-state index contributed by atoms with van der Waals surface area (Å²) in [4.78, 5) is 4.98. The summed E-state index contributed by atoms with van der Waals surface area (Å²) >= 11 is 0. The third-order valence-corrected chi connectivity index (χ3v) is 5.22. The Bertz CT molecular complexity index is 298. The molecule has 4 heteroatoms. The summed E-state index contributed by atoms with van der Waals surface area (Å²) < 4.78 is 0. The Labute approximate surface area is 130 Å². The minimum Gasteiger partial charge on any atom is -0.394 e. The van der Waals surface area contributed by atoms with E-state index in [1.54, 1.807) is 0 Å². The van der Waals surface area contributed by atoms with E-state index in [0.29, 0.717) is 6.04 Å². The molecule has 2 rings (SSSR count). The van der Waals surface area contributed by atoms with Crippen LogP contribution < -0.4 is 5.32 Å². The van der Waals surface area contributed by atoms with Gasteiger partial charge in [-0.05, 0) is 79.2 Å². The normalized spacial score (nSPS) is 24.4. The topological polar surface area (TPSA) is 38.7 Å². The predicted molar refractivity (Wildman–Crippen MR) is 88.6 cm³/mol. The van der Waals surface area contributed by atoms with Crippen LogP contribution in [0, 0.1) is 0 Å². The highest BCUT2D eigenvalue weighted by Crippen LogP contribution is 2.25. The lowest BCUT2D eigenvalue weighted by atomic mass is 9.95. The Morgan fingerprint density at radius 2 is 1.81 bits per heavy atom. The number of unbranched alkanes of at least 4 members (excludes halogenated alkanes) is 1. The zero-order valence-corrected chi connectivity index (χ0v) is 14.3. The molecular weight excluding hydrogens is 262 g/mol. The lowest BCUT2D eigenvalue weighted by molar-refractivity contribution is 0.137. The van der Waals surface area contributed by atoms with Gasteiger partial charge in [-0.2, -0.15) is 0 Å². The van der Waals surface area contributed by atoms with Gasteiger partial charge in [0.2, 0.25) is 0 Å². The molecule has 0 radical (unpaired) electrons. The molecular formula is C17H35N3O. The fourth-order valence-electron chi connectivity index (χ4n) is 3.43. The van der Waals surface area contributed by atoms with Crippen LogP contribution in [0.15, 0.2) is 0 Å². The summed E-state index contributed by atoms with van der Waals surface area (Å²) in [5.41, 5.74) is -0.0565. The minimum absolute atomic E-state index is 0.0565. The second kappa shape index (κ2) is 7.91. The molecule has 0 aromatic rings. The first kappa shape index (κ1) is 17.2. The van der Waals surface area contributed by atoms with Gasteiger partial charge in [0.05, 0.1) is 6.61 Å². The molecule has 0 bridgehead atoms. The molecule has 2 aliphatic rings. The SMILES string of the molecule is CN(C)C1CCN(CCCCC(C)(CO)NC2CC2)CC1. The van der Waals surface area contributed by atoms with Crippen LogP contribution in [0.1, 0.15) is 51.9 Å². The van der Waals surface area contributed by atoms with E-state index < -0.39 is 0 Å². The summed E-state index contributed by atoms with van der Waals surface area (Å²) in [6, 6.07) is 1.45. The number of hydrogen-bond donors (Lipinski definition) is 2. The molecule has 1 aliphatic heterocycles. The fraction of sp³-hybridized carbons (Fsp3) is 1.00. The molecule has 1 aliphatic carbocycles. The maximum absolute atomic E-state index is 9.61. The van der Waals surface area contributed by atoms with Crippen molar-refractivity contribution in [1.29, 1.82) is 0 Å². The van der Waals surface area contributed by atoms with E-state index in [0.717, 1.165) is 12.5 Å². The van der Waals surface area contributed by atoms with Gasteiger partial charge in [-0.15, -0.1) is 0 Å². The first-order valence-electron chi connectivity index (χ1n) is 8.80. The zero-order valence-electron chi connectivity index (χ0n) is 14.3. The van der Waals surface area contributed by atoms with Crippen molar-refractivity contribution in [2.24, 2.45) is 0 Å². The van der Waals surface area contributed by atoms with Gasteiger partial charge in [-0.3, -0.25) is 0 Å². The molecule has 0 aromatic carbocycles. The number of piperidine rings is 1. The zero-order chi connectivity index (χ0) is 15.3. The van der Waals surface area contributed by atoms with Crippen molar-refractivity contribution in [2.75, 3.05) is 40.3 Å². The van der Waals surface area contributed by atoms with Crippen molar-refractivity contribution in [3.8, 4) is 0 Å². The van der Waals surface area contributed by atoms with Gasteiger partial charge in [0.25, 0.3) is 0 Å². The molecule has 2 N–H and O–H groups in total. The van der Waals surface area contributed by atoms with E-state index in [9.17, 15) is 5.11 Å². The van der Waals surface area contributed by atoms with Crippen LogP contribution >= 0.6 is 0 Å². The van der Waals surface area contributed by atoms with E-state index in [1.165, 1.54) is 58.2 Å². The second-order valence-corrected chi connectivity index (χ2v) is 7.63. The van der Waals surface area contributed by atoms with Gasteiger partial charge < -0.3 is 20.2 Å². The average molecular weight is 297 g/mol. The molecule has 1 unspecified atom stereocenters. The van der Waals surface area contributed by atoms with E-state index >= 15 is 0 Å². The maximum atomic E-state index is 9.61. The van der Waals surface area contributed by atoms with Crippen LogP contribution in [0.4, 0.5) is 0 Å². The van der Waals surface area contributed by atoms with Crippen LogP contribution in [0.5, 0.6) is 0 Å². The monoisotopic (exact) mass is 297 g/mol. The maximum Gasteiger partial charge on any atom is 0.0610 e. The van der Waals surface area contributed by atoms with Gasteiger partial charge >= 0.3 is 0 Å². The summed E-state index contributed by atoms with van der Waals surface area (Å²) in [5, 5.41) is 13.2. The first-order valence-corrected chi connectivity index (χ1v) is 8.80. The minimum atomic E-state index is -0.0565. The molecule has 21 heavy (non-hydrogen) atoms. The van der Waals surface area contributed by atoms with Gasteiger partial charge in [0.15, 0.2) is 0 Å². The Kier molecular flexibility index (Phi) is 6.48.